The molecule has 0 amide bonds. The molecule has 82 valence electrons. The van der Waals surface area contributed by atoms with Gasteiger partial charge in [-0.1, -0.05) is 43.3 Å². The summed E-state index contributed by atoms with van der Waals surface area (Å²) in [6.45, 7) is 4.51. The first-order valence-corrected chi connectivity index (χ1v) is 6.00. The van der Waals surface area contributed by atoms with E-state index in [-0.39, 0.29) is 0 Å². The van der Waals surface area contributed by atoms with E-state index in [4.69, 9.17) is 0 Å². The van der Waals surface area contributed by atoms with Crippen molar-refractivity contribution in [2.45, 2.75) is 26.3 Å². The Morgan fingerprint density at radius 3 is 2.69 bits per heavy atom. The summed E-state index contributed by atoms with van der Waals surface area (Å²) in [5.41, 5.74) is 5.61. The zero-order valence-electron chi connectivity index (χ0n) is 9.83. The first-order chi connectivity index (χ1) is 7.77. The summed E-state index contributed by atoms with van der Waals surface area (Å²) in [5.74, 6) is 0.728. The van der Waals surface area contributed by atoms with Crippen molar-refractivity contribution in [1.82, 2.24) is 5.32 Å². The van der Waals surface area contributed by atoms with Gasteiger partial charge in [-0.3, -0.25) is 0 Å². The third kappa shape index (κ3) is 1.31. The molecule has 3 rings (SSSR count). The normalized spacial score (nSPS) is 27.8. The van der Waals surface area contributed by atoms with E-state index in [9.17, 15) is 0 Å². The molecule has 0 radical (unpaired) electrons. The van der Waals surface area contributed by atoms with Gasteiger partial charge in [0, 0.05) is 11.3 Å². The lowest BCUT2D eigenvalue weighted by Gasteiger charge is -2.14. The number of hydrogen-bond donors (Lipinski definition) is 1. The molecule has 1 nitrogen and oxygen atoms in total. The number of benzene rings is 1. The molecular formula is C15H17N. The van der Waals surface area contributed by atoms with Gasteiger partial charge in [0.25, 0.3) is 0 Å². The average Bonchev–Trinajstić information content (AvgIpc) is 2.80. The van der Waals surface area contributed by atoms with Gasteiger partial charge < -0.3 is 5.32 Å². The van der Waals surface area contributed by atoms with E-state index in [1.165, 1.54) is 28.8 Å². The van der Waals surface area contributed by atoms with Crippen molar-refractivity contribution in [3.8, 4) is 0 Å². The maximum atomic E-state index is 3.63. The molecule has 2 atom stereocenters. The predicted octanol–water partition coefficient (Wildman–Crippen LogP) is 3.36. The minimum atomic E-state index is 0.551. The Labute approximate surface area is 96.9 Å². The number of rotatable bonds is 1. The molecule has 0 saturated heterocycles. The highest BCUT2D eigenvalue weighted by Gasteiger charge is 2.34. The van der Waals surface area contributed by atoms with Crippen LogP contribution >= 0.6 is 0 Å². The lowest BCUT2D eigenvalue weighted by molar-refractivity contribution is 0.501. The number of nitrogens with one attached hydrogen (secondary N) is 1. The van der Waals surface area contributed by atoms with Crippen molar-refractivity contribution in [1.29, 1.82) is 0 Å². The minimum absolute atomic E-state index is 0.551. The molecule has 0 fully saturated rings. The zero-order valence-corrected chi connectivity index (χ0v) is 9.83. The molecule has 0 bridgehead atoms. The molecule has 1 aliphatic heterocycles. The number of hydrogen-bond acceptors (Lipinski definition) is 1. The molecular weight excluding hydrogens is 194 g/mol. The van der Waals surface area contributed by atoms with Gasteiger partial charge in [0.1, 0.15) is 0 Å². The van der Waals surface area contributed by atoms with E-state index in [2.05, 4.69) is 55.6 Å². The fourth-order valence-corrected chi connectivity index (χ4v) is 2.87. The summed E-state index contributed by atoms with van der Waals surface area (Å²) in [7, 11) is 0. The van der Waals surface area contributed by atoms with Crippen LogP contribution in [0.3, 0.4) is 0 Å². The molecule has 1 aromatic rings. The van der Waals surface area contributed by atoms with Crippen LogP contribution in [0.5, 0.6) is 0 Å². The summed E-state index contributed by atoms with van der Waals surface area (Å²) >= 11 is 0. The van der Waals surface area contributed by atoms with Crippen molar-refractivity contribution >= 4 is 5.57 Å². The minimum Gasteiger partial charge on any atom is -0.381 e. The molecule has 0 saturated carbocycles. The molecule has 1 aromatic carbocycles. The Kier molecular flexibility index (Phi) is 2.13. The Hall–Kier alpha value is -1.50. The van der Waals surface area contributed by atoms with Crippen LogP contribution in [0.4, 0.5) is 0 Å². The Morgan fingerprint density at radius 2 is 1.94 bits per heavy atom. The second kappa shape index (κ2) is 3.51. The van der Waals surface area contributed by atoms with Crippen LogP contribution in [0.15, 0.2) is 47.7 Å². The average molecular weight is 211 g/mol. The van der Waals surface area contributed by atoms with E-state index in [0.717, 1.165) is 5.92 Å². The van der Waals surface area contributed by atoms with E-state index in [1.807, 2.05) is 0 Å². The molecule has 2 aliphatic rings. The second-order valence-corrected chi connectivity index (χ2v) is 4.86. The van der Waals surface area contributed by atoms with Crippen LogP contribution in [0.2, 0.25) is 0 Å². The maximum absolute atomic E-state index is 3.63. The molecule has 1 N–H and O–H groups in total. The summed E-state index contributed by atoms with van der Waals surface area (Å²) in [6, 6.07) is 11.3. The van der Waals surface area contributed by atoms with Crippen LogP contribution < -0.4 is 5.32 Å². The van der Waals surface area contributed by atoms with Crippen molar-refractivity contribution in [2.75, 3.05) is 0 Å². The van der Waals surface area contributed by atoms with Crippen LogP contribution in [-0.2, 0) is 0 Å². The third-order valence-electron chi connectivity index (χ3n) is 3.71. The van der Waals surface area contributed by atoms with E-state index >= 15 is 0 Å². The van der Waals surface area contributed by atoms with E-state index < -0.39 is 0 Å². The highest BCUT2D eigenvalue weighted by molar-refractivity contribution is 5.85. The Morgan fingerprint density at radius 1 is 1.19 bits per heavy atom. The SMILES string of the molecule is CC1=C(c2ccccc2)C2=CCC(C)[C@H]2N1. The lowest BCUT2D eigenvalue weighted by Crippen LogP contribution is -2.26. The van der Waals surface area contributed by atoms with Crippen molar-refractivity contribution in [3.63, 3.8) is 0 Å². The molecule has 16 heavy (non-hydrogen) atoms. The number of fused-ring (bicyclic) bond motifs is 1. The molecule has 0 spiro atoms. The van der Waals surface area contributed by atoms with E-state index in [0.29, 0.717) is 6.04 Å². The van der Waals surface area contributed by atoms with Gasteiger partial charge in [-0.2, -0.15) is 0 Å². The molecule has 1 heteroatoms. The highest BCUT2D eigenvalue weighted by Crippen LogP contribution is 2.41. The third-order valence-corrected chi connectivity index (χ3v) is 3.71. The van der Waals surface area contributed by atoms with E-state index in [1.54, 1.807) is 0 Å². The predicted molar refractivity (Wildman–Crippen MR) is 67.8 cm³/mol. The molecule has 1 heterocycles. The zero-order chi connectivity index (χ0) is 11.1. The largest absolute Gasteiger partial charge is 0.381 e. The van der Waals surface area contributed by atoms with Crippen LogP contribution in [0, 0.1) is 5.92 Å². The Bertz CT molecular complexity index is 467. The van der Waals surface area contributed by atoms with Crippen LogP contribution in [0.25, 0.3) is 5.57 Å². The van der Waals surface area contributed by atoms with Crippen LogP contribution in [0.1, 0.15) is 25.8 Å². The number of allylic oxidation sites excluding steroid dienone is 2. The monoisotopic (exact) mass is 211 g/mol. The van der Waals surface area contributed by atoms with Gasteiger partial charge in [0.15, 0.2) is 0 Å². The van der Waals surface area contributed by atoms with Crippen molar-refractivity contribution in [3.05, 3.63) is 53.2 Å². The first-order valence-electron chi connectivity index (χ1n) is 6.00. The fraction of sp³-hybridized carbons (Fsp3) is 0.333. The van der Waals surface area contributed by atoms with Gasteiger partial charge in [0.2, 0.25) is 0 Å². The van der Waals surface area contributed by atoms with Gasteiger partial charge in [-0.05, 0) is 30.4 Å². The fourth-order valence-electron chi connectivity index (χ4n) is 2.87. The standard InChI is InChI=1S/C15H17N/c1-10-8-9-13-14(11(2)16-15(10)13)12-6-4-3-5-7-12/h3-7,9-10,15-16H,8H2,1-2H3/t10?,15-/m1/s1. The van der Waals surface area contributed by atoms with Gasteiger partial charge in [0.05, 0.1) is 6.04 Å². The molecule has 0 aromatic heterocycles. The quantitative estimate of drug-likeness (QED) is 0.751. The van der Waals surface area contributed by atoms with Gasteiger partial charge in [-0.15, -0.1) is 0 Å². The van der Waals surface area contributed by atoms with Crippen molar-refractivity contribution in [2.24, 2.45) is 5.92 Å². The highest BCUT2D eigenvalue weighted by atomic mass is 15.0. The maximum Gasteiger partial charge on any atom is 0.0543 e. The second-order valence-electron chi connectivity index (χ2n) is 4.86. The lowest BCUT2D eigenvalue weighted by atomic mass is 9.95. The first kappa shape index (κ1) is 9.71. The van der Waals surface area contributed by atoms with Gasteiger partial charge in [-0.25, -0.2) is 0 Å². The van der Waals surface area contributed by atoms with Crippen molar-refractivity contribution < 1.29 is 0 Å². The smallest absolute Gasteiger partial charge is 0.0543 e. The molecule has 1 unspecified atom stereocenters. The summed E-state index contributed by atoms with van der Waals surface area (Å²) in [6.07, 6.45) is 3.61. The molecule has 1 aliphatic carbocycles. The topological polar surface area (TPSA) is 12.0 Å². The van der Waals surface area contributed by atoms with Crippen LogP contribution in [-0.4, -0.2) is 6.04 Å². The van der Waals surface area contributed by atoms with Gasteiger partial charge >= 0.3 is 0 Å². The Balaban J connectivity index is 2.05. The summed E-state index contributed by atoms with van der Waals surface area (Å²) in [4.78, 5) is 0. The summed E-state index contributed by atoms with van der Waals surface area (Å²) in [5, 5.41) is 3.63. The summed E-state index contributed by atoms with van der Waals surface area (Å²) < 4.78 is 0.